The molecule has 88 valence electrons. The standard InChI is InChI=1S/C14H27N/c1-6-13(4,5)12-14(7-2,8-3)10-9-11-15/h6-10,12H2,1-5H3. The molecule has 0 aliphatic rings. The van der Waals surface area contributed by atoms with Crippen LogP contribution in [0.5, 0.6) is 0 Å². The van der Waals surface area contributed by atoms with Gasteiger partial charge in [-0.25, -0.2) is 0 Å². The van der Waals surface area contributed by atoms with Crippen molar-refractivity contribution >= 4 is 0 Å². The molecule has 0 aromatic carbocycles. The number of hydrogen-bond acceptors (Lipinski definition) is 1. The molecule has 1 heteroatoms. The smallest absolute Gasteiger partial charge is 0.0621 e. The second kappa shape index (κ2) is 6.16. The van der Waals surface area contributed by atoms with E-state index in [1.807, 2.05) is 0 Å². The summed E-state index contributed by atoms with van der Waals surface area (Å²) in [6, 6.07) is 2.30. The first-order valence-corrected chi connectivity index (χ1v) is 6.32. The van der Waals surface area contributed by atoms with Crippen LogP contribution in [0.1, 0.15) is 73.1 Å². The largest absolute Gasteiger partial charge is 0.198 e. The third-order valence-electron chi connectivity index (χ3n) is 4.08. The molecule has 0 saturated heterocycles. The van der Waals surface area contributed by atoms with E-state index in [1.165, 1.54) is 25.7 Å². The Bertz CT molecular complexity index is 206. The Kier molecular flexibility index (Phi) is 5.95. The first-order chi connectivity index (χ1) is 6.95. The van der Waals surface area contributed by atoms with Crippen molar-refractivity contribution in [1.82, 2.24) is 0 Å². The Morgan fingerprint density at radius 2 is 1.53 bits per heavy atom. The molecule has 0 fully saturated rings. The van der Waals surface area contributed by atoms with Crippen molar-refractivity contribution < 1.29 is 0 Å². The van der Waals surface area contributed by atoms with Gasteiger partial charge in [-0.05, 0) is 23.7 Å². The van der Waals surface area contributed by atoms with Crippen LogP contribution in [0.3, 0.4) is 0 Å². The summed E-state index contributed by atoms with van der Waals surface area (Å²) in [4.78, 5) is 0. The minimum absolute atomic E-state index is 0.398. The fourth-order valence-corrected chi connectivity index (χ4v) is 2.40. The maximum Gasteiger partial charge on any atom is 0.0621 e. The average molecular weight is 209 g/mol. The maximum atomic E-state index is 8.73. The Balaban J connectivity index is 4.57. The predicted octanol–water partition coefficient (Wildman–Crippen LogP) is 4.92. The van der Waals surface area contributed by atoms with E-state index in [9.17, 15) is 0 Å². The Morgan fingerprint density at radius 1 is 1.00 bits per heavy atom. The van der Waals surface area contributed by atoms with Crippen molar-refractivity contribution in [2.45, 2.75) is 73.1 Å². The van der Waals surface area contributed by atoms with Gasteiger partial charge in [-0.15, -0.1) is 0 Å². The summed E-state index contributed by atoms with van der Waals surface area (Å²) < 4.78 is 0. The van der Waals surface area contributed by atoms with Crippen LogP contribution in [0.2, 0.25) is 0 Å². The van der Waals surface area contributed by atoms with Crippen molar-refractivity contribution in [3.63, 3.8) is 0 Å². The third kappa shape index (κ3) is 4.69. The molecular formula is C14H27N. The molecule has 1 nitrogen and oxygen atoms in total. The van der Waals surface area contributed by atoms with Crippen LogP contribution < -0.4 is 0 Å². The monoisotopic (exact) mass is 209 g/mol. The van der Waals surface area contributed by atoms with Crippen molar-refractivity contribution in [3.8, 4) is 6.07 Å². The molecule has 15 heavy (non-hydrogen) atoms. The lowest BCUT2D eigenvalue weighted by Crippen LogP contribution is -2.27. The van der Waals surface area contributed by atoms with Gasteiger partial charge in [0.2, 0.25) is 0 Å². The van der Waals surface area contributed by atoms with Gasteiger partial charge in [-0.1, -0.05) is 53.9 Å². The van der Waals surface area contributed by atoms with Crippen LogP contribution in [-0.2, 0) is 0 Å². The summed E-state index contributed by atoms with van der Waals surface area (Å²) in [5.41, 5.74) is 0.816. The Labute approximate surface area is 95.9 Å². The van der Waals surface area contributed by atoms with Crippen molar-refractivity contribution in [2.24, 2.45) is 10.8 Å². The van der Waals surface area contributed by atoms with Crippen molar-refractivity contribution in [1.29, 1.82) is 5.26 Å². The van der Waals surface area contributed by atoms with Crippen LogP contribution in [0.15, 0.2) is 0 Å². The summed E-state index contributed by atoms with van der Waals surface area (Å²) in [6.07, 6.45) is 6.66. The van der Waals surface area contributed by atoms with Gasteiger partial charge < -0.3 is 0 Å². The van der Waals surface area contributed by atoms with E-state index in [2.05, 4.69) is 40.7 Å². The fraction of sp³-hybridized carbons (Fsp3) is 0.929. The number of rotatable bonds is 7. The second-order valence-electron chi connectivity index (χ2n) is 5.56. The molecule has 0 bridgehead atoms. The lowest BCUT2D eigenvalue weighted by molar-refractivity contribution is 0.129. The molecule has 0 saturated carbocycles. The van der Waals surface area contributed by atoms with E-state index in [-0.39, 0.29) is 0 Å². The van der Waals surface area contributed by atoms with Gasteiger partial charge in [0, 0.05) is 6.42 Å². The van der Waals surface area contributed by atoms with E-state index in [1.54, 1.807) is 0 Å². The quantitative estimate of drug-likeness (QED) is 0.583. The highest BCUT2D eigenvalue weighted by Gasteiger charge is 2.32. The molecule has 0 spiro atoms. The molecule has 0 aromatic heterocycles. The molecule has 0 amide bonds. The lowest BCUT2D eigenvalue weighted by atomic mass is 9.67. The Hall–Kier alpha value is -0.510. The zero-order chi connectivity index (χ0) is 11.9. The summed E-state index contributed by atoms with van der Waals surface area (Å²) in [5.74, 6) is 0. The average Bonchev–Trinajstić information content (AvgIpc) is 2.24. The minimum Gasteiger partial charge on any atom is -0.198 e. The van der Waals surface area contributed by atoms with Gasteiger partial charge in [-0.2, -0.15) is 5.26 Å². The first kappa shape index (κ1) is 14.5. The molecule has 0 atom stereocenters. The number of nitriles is 1. The number of nitrogens with zero attached hydrogens (tertiary/aromatic N) is 1. The second-order valence-corrected chi connectivity index (χ2v) is 5.56. The van der Waals surface area contributed by atoms with E-state index < -0.39 is 0 Å². The van der Waals surface area contributed by atoms with Crippen molar-refractivity contribution in [3.05, 3.63) is 0 Å². The first-order valence-electron chi connectivity index (χ1n) is 6.32. The van der Waals surface area contributed by atoms with Gasteiger partial charge in [0.15, 0.2) is 0 Å². The zero-order valence-electron chi connectivity index (χ0n) is 11.2. The van der Waals surface area contributed by atoms with Gasteiger partial charge in [0.1, 0.15) is 0 Å². The van der Waals surface area contributed by atoms with Crippen LogP contribution in [0, 0.1) is 22.2 Å². The highest BCUT2D eigenvalue weighted by atomic mass is 14.4. The van der Waals surface area contributed by atoms with Crippen molar-refractivity contribution in [2.75, 3.05) is 0 Å². The zero-order valence-corrected chi connectivity index (χ0v) is 11.2. The lowest BCUT2D eigenvalue weighted by Gasteiger charge is -2.38. The number of hydrogen-bond donors (Lipinski definition) is 0. The fourth-order valence-electron chi connectivity index (χ4n) is 2.40. The minimum atomic E-state index is 0.398. The van der Waals surface area contributed by atoms with Crippen LogP contribution in [-0.4, -0.2) is 0 Å². The maximum absolute atomic E-state index is 8.73. The molecule has 0 radical (unpaired) electrons. The molecule has 0 heterocycles. The van der Waals surface area contributed by atoms with Gasteiger partial charge in [-0.3, -0.25) is 0 Å². The van der Waals surface area contributed by atoms with E-state index in [0.29, 0.717) is 17.3 Å². The molecular weight excluding hydrogens is 182 g/mol. The molecule has 0 aliphatic heterocycles. The topological polar surface area (TPSA) is 23.8 Å². The molecule has 0 rings (SSSR count). The predicted molar refractivity (Wildman–Crippen MR) is 66.6 cm³/mol. The SMILES string of the molecule is CCC(C)(C)CC(CC)(CC)CCC#N. The van der Waals surface area contributed by atoms with Gasteiger partial charge in [0.05, 0.1) is 6.07 Å². The Morgan fingerprint density at radius 3 is 1.87 bits per heavy atom. The normalized spacial score (nSPS) is 12.5. The molecule has 0 unspecified atom stereocenters. The van der Waals surface area contributed by atoms with Crippen LogP contribution in [0.25, 0.3) is 0 Å². The molecule has 0 N–H and O–H groups in total. The molecule has 0 aliphatic carbocycles. The summed E-state index contributed by atoms with van der Waals surface area (Å²) in [7, 11) is 0. The van der Waals surface area contributed by atoms with E-state index >= 15 is 0 Å². The third-order valence-corrected chi connectivity index (χ3v) is 4.08. The van der Waals surface area contributed by atoms with Gasteiger partial charge in [0.25, 0.3) is 0 Å². The van der Waals surface area contributed by atoms with E-state index in [0.717, 1.165) is 6.42 Å². The van der Waals surface area contributed by atoms with E-state index in [4.69, 9.17) is 5.26 Å². The highest BCUT2D eigenvalue weighted by molar-refractivity contribution is 4.86. The highest BCUT2D eigenvalue weighted by Crippen LogP contribution is 2.44. The summed E-state index contributed by atoms with van der Waals surface area (Å²) in [6.45, 7) is 11.5. The van der Waals surface area contributed by atoms with Crippen LogP contribution >= 0.6 is 0 Å². The van der Waals surface area contributed by atoms with Crippen LogP contribution in [0.4, 0.5) is 0 Å². The molecule has 0 aromatic rings. The van der Waals surface area contributed by atoms with Gasteiger partial charge >= 0.3 is 0 Å². The summed E-state index contributed by atoms with van der Waals surface area (Å²) in [5, 5.41) is 8.73. The summed E-state index contributed by atoms with van der Waals surface area (Å²) >= 11 is 0.